The summed E-state index contributed by atoms with van der Waals surface area (Å²) >= 11 is 0. The minimum absolute atomic E-state index is 0.0639. The summed E-state index contributed by atoms with van der Waals surface area (Å²) in [5.74, 6) is 0.623. The van der Waals surface area contributed by atoms with E-state index in [1.807, 2.05) is 73.7 Å². The van der Waals surface area contributed by atoms with Crippen LogP contribution < -0.4 is 10.1 Å². The molecule has 2 amide bonds. The Morgan fingerprint density at radius 3 is 2.16 bits per heavy atom. The summed E-state index contributed by atoms with van der Waals surface area (Å²) in [5, 5.41) is 3.30. The Bertz CT molecular complexity index is 1140. The van der Waals surface area contributed by atoms with E-state index in [-0.39, 0.29) is 24.3 Å². The van der Waals surface area contributed by atoms with Gasteiger partial charge in [0.1, 0.15) is 11.8 Å². The molecule has 1 aliphatic rings. The lowest BCUT2D eigenvalue weighted by Gasteiger charge is -2.33. The predicted molar refractivity (Wildman–Crippen MR) is 147 cm³/mol. The van der Waals surface area contributed by atoms with Crippen LogP contribution in [0.4, 0.5) is 0 Å². The molecule has 0 unspecified atom stereocenters. The molecule has 0 saturated heterocycles. The molecule has 0 bridgehead atoms. The second kappa shape index (κ2) is 13.1. The highest BCUT2D eigenvalue weighted by Gasteiger charge is 2.32. The largest absolute Gasteiger partial charge is 0.497 e. The van der Waals surface area contributed by atoms with Gasteiger partial charge in [-0.15, -0.1) is 0 Å². The van der Waals surface area contributed by atoms with E-state index < -0.39 is 6.04 Å². The number of aryl methyl sites for hydroxylation is 1. The van der Waals surface area contributed by atoms with Gasteiger partial charge in [0.15, 0.2) is 0 Å². The van der Waals surface area contributed by atoms with E-state index in [1.165, 1.54) is 6.42 Å². The molecule has 0 heterocycles. The molecule has 3 aromatic carbocycles. The van der Waals surface area contributed by atoms with Gasteiger partial charge in [-0.25, -0.2) is 0 Å². The third-order valence-corrected chi connectivity index (χ3v) is 7.21. The van der Waals surface area contributed by atoms with Crippen LogP contribution in [0.2, 0.25) is 0 Å². The molecular formula is C32H38N2O3. The van der Waals surface area contributed by atoms with E-state index in [2.05, 4.69) is 17.4 Å². The van der Waals surface area contributed by atoms with Crippen molar-refractivity contribution in [1.82, 2.24) is 10.2 Å². The van der Waals surface area contributed by atoms with Crippen LogP contribution in [0.1, 0.15) is 54.4 Å². The lowest BCUT2D eigenvalue weighted by atomic mass is 9.94. The van der Waals surface area contributed by atoms with Crippen molar-refractivity contribution in [1.29, 1.82) is 0 Å². The monoisotopic (exact) mass is 498 g/mol. The topological polar surface area (TPSA) is 58.6 Å². The third kappa shape index (κ3) is 7.69. The van der Waals surface area contributed by atoms with Crippen LogP contribution in [0, 0.1) is 6.92 Å². The van der Waals surface area contributed by atoms with Gasteiger partial charge in [0, 0.05) is 19.0 Å². The molecule has 194 valence electrons. The minimum atomic E-state index is -0.601. The normalized spacial score (nSPS) is 14.5. The van der Waals surface area contributed by atoms with E-state index in [1.54, 1.807) is 12.0 Å². The molecule has 0 aliphatic heterocycles. The lowest BCUT2D eigenvalue weighted by molar-refractivity contribution is -0.141. The van der Waals surface area contributed by atoms with Gasteiger partial charge in [0.05, 0.1) is 13.5 Å². The first-order valence-electron chi connectivity index (χ1n) is 13.3. The van der Waals surface area contributed by atoms with Crippen LogP contribution >= 0.6 is 0 Å². The average Bonchev–Trinajstić information content (AvgIpc) is 2.93. The Kier molecular flexibility index (Phi) is 9.36. The van der Waals surface area contributed by atoms with Gasteiger partial charge in [-0.2, -0.15) is 0 Å². The van der Waals surface area contributed by atoms with Gasteiger partial charge in [-0.1, -0.05) is 91.6 Å². The molecule has 37 heavy (non-hydrogen) atoms. The Labute approximate surface area is 220 Å². The van der Waals surface area contributed by atoms with E-state index >= 15 is 0 Å². The van der Waals surface area contributed by atoms with Crippen molar-refractivity contribution in [2.45, 2.75) is 70.5 Å². The van der Waals surface area contributed by atoms with Crippen LogP contribution in [-0.2, 0) is 29.0 Å². The number of carbonyl (C=O) groups is 2. The van der Waals surface area contributed by atoms with Gasteiger partial charge in [-0.05, 0) is 48.6 Å². The lowest BCUT2D eigenvalue weighted by Crippen LogP contribution is -2.53. The van der Waals surface area contributed by atoms with Gasteiger partial charge >= 0.3 is 0 Å². The SMILES string of the molecule is COc1ccc(CC(=O)N(Cc2ccc(C)cc2)[C@@H](Cc2ccccc2)C(=O)NC2CCCCC2)cc1. The first kappa shape index (κ1) is 26.5. The quantitative estimate of drug-likeness (QED) is 0.394. The Balaban J connectivity index is 1.63. The molecule has 4 rings (SSSR count). The molecule has 1 saturated carbocycles. The van der Waals surface area contributed by atoms with Crippen LogP contribution in [0.5, 0.6) is 5.75 Å². The Morgan fingerprint density at radius 1 is 0.865 bits per heavy atom. The summed E-state index contributed by atoms with van der Waals surface area (Å²) in [5.41, 5.74) is 4.11. The molecule has 0 spiro atoms. The summed E-state index contributed by atoms with van der Waals surface area (Å²) in [4.78, 5) is 29.5. The van der Waals surface area contributed by atoms with Crippen molar-refractivity contribution in [3.05, 3.63) is 101 Å². The summed E-state index contributed by atoms with van der Waals surface area (Å²) in [6, 6.07) is 25.3. The van der Waals surface area contributed by atoms with Crippen LogP contribution in [0.25, 0.3) is 0 Å². The zero-order valence-electron chi connectivity index (χ0n) is 22.0. The highest BCUT2D eigenvalue weighted by molar-refractivity contribution is 5.89. The minimum Gasteiger partial charge on any atom is -0.497 e. The zero-order chi connectivity index (χ0) is 26.0. The molecule has 5 heteroatoms. The number of benzene rings is 3. The van der Waals surface area contributed by atoms with Crippen molar-refractivity contribution in [2.24, 2.45) is 0 Å². The molecule has 1 fully saturated rings. The second-order valence-electron chi connectivity index (χ2n) is 10.1. The maximum absolute atomic E-state index is 13.9. The molecule has 1 aliphatic carbocycles. The van der Waals surface area contributed by atoms with E-state index in [0.717, 1.165) is 53.7 Å². The average molecular weight is 499 g/mol. The summed E-state index contributed by atoms with van der Waals surface area (Å²) < 4.78 is 5.27. The Hall–Kier alpha value is -3.60. The van der Waals surface area contributed by atoms with Crippen molar-refractivity contribution in [3.8, 4) is 5.75 Å². The molecule has 0 radical (unpaired) electrons. The summed E-state index contributed by atoms with van der Waals surface area (Å²) in [6.07, 6.45) is 6.19. The van der Waals surface area contributed by atoms with Gasteiger partial charge in [0.2, 0.25) is 11.8 Å². The van der Waals surface area contributed by atoms with Crippen molar-refractivity contribution < 1.29 is 14.3 Å². The Morgan fingerprint density at radius 2 is 1.51 bits per heavy atom. The van der Waals surface area contributed by atoms with E-state index in [4.69, 9.17) is 4.74 Å². The van der Waals surface area contributed by atoms with E-state index in [9.17, 15) is 9.59 Å². The summed E-state index contributed by atoms with van der Waals surface area (Å²) in [6.45, 7) is 2.43. The number of nitrogens with one attached hydrogen (secondary N) is 1. The number of rotatable bonds is 10. The standard InChI is InChI=1S/C32H38N2O3/c1-24-13-15-27(16-14-24)23-34(31(35)22-26-17-19-29(37-2)20-18-26)30(21-25-9-5-3-6-10-25)32(36)33-28-11-7-4-8-12-28/h3,5-6,9-10,13-20,28,30H,4,7-8,11-12,21-23H2,1-2H3,(H,33,36)/t30-/m0/s1. The molecule has 3 aromatic rings. The number of methoxy groups -OCH3 is 1. The van der Waals surface area contributed by atoms with Gasteiger partial charge in [0.25, 0.3) is 0 Å². The third-order valence-electron chi connectivity index (χ3n) is 7.21. The van der Waals surface area contributed by atoms with Crippen LogP contribution in [0.15, 0.2) is 78.9 Å². The van der Waals surface area contributed by atoms with Crippen LogP contribution in [-0.4, -0.2) is 35.9 Å². The fourth-order valence-corrected chi connectivity index (χ4v) is 5.01. The van der Waals surface area contributed by atoms with E-state index in [0.29, 0.717) is 13.0 Å². The fraction of sp³-hybridized carbons (Fsp3) is 0.375. The first-order chi connectivity index (χ1) is 18.0. The maximum atomic E-state index is 13.9. The predicted octanol–water partition coefficient (Wildman–Crippen LogP) is 5.64. The fourth-order valence-electron chi connectivity index (χ4n) is 5.01. The maximum Gasteiger partial charge on any atom is 0.243 e. The zero-order valence-corrected chi connectivity index (χ0v) is 22.0. The molecule has 0 aromatic heterocycles. The number of nitrogens with zero attached hydrogens (tertiary/aromatic N) is 1. The molecule has 5 nitrogen and oxygen atoms in total. The highest BCUT2D eigenvalue weighted by Crippen LogP contribution is 2.21. The van der Waals surface area contributed by atoms with Gasteiger partial charge < -0.3 is 15.0 Å². The van der Waals surface area contributed by atoms with Gasteiger partial charge in [-0.3, -0.25) is 9.59 Å². The molecule has 1 atom stereocenters. The van der Waals surface area contributed by atoms with Crippen molar-refractivity contribution >= 4 is 11.8 Å². The number of carbonyl (C=O) groups excluding carboxylic acids is 2. The number of amides is 2. The smallest absolute Gasteiger partial charge is 0.243 e. The van der Waals surface area contributed by atoms with Crippen LogP contribution in [0.3, 0.4) is 0 Å². The molecule has 1 N–H and O–H groups in total. The van der Waals surface area contributed by atoms with Crippen molar-refractivity contribution in [2.75, 3.05) is 7.11 Å². The summed E-state index contributed by atoms with van der Waals surface area (Å²) in [7, 11) is 1.63. The first-order valence-corrected chi connectivity index (χ1v) is 13.3. The van der Waals surface area contributed by atoms with Crippen molar-refractivity contribution in [3.63, 3.8) is 0 Å². The number of ether oxygens (including phenoxy) is 1. The number of hydrogen-bond donors (Lipinski definition) is 1. The molecular weight excluding hydrogens is 460 g/mol. The number of hydrogen-bond acceptors (Lipinski definition) is 3. The second-order valence-corrected chi connectivity index (χ2v) is 10.1. The highest BCUT2D eigenvalue weighted by atomic mass is 16.5.